The van der Waals surface area contributed by atoms with Gasteiger partial charge in [-0.1, -0.05) is 26.2 Å². The van der Waals surface area contributed by atoms with Gasteiger partial charge in [0.2, 0.25) is 0 Å². The first-order valence-corrected chi connectivity index (χ1v) is 7.35. The van der Waals surface area contributed by atoms with Gasteiger partial charge >= 0.3 is 0 Å². The van der Waals surface area contributed by atoms with Crippen LogP contribution in [-0.4, -0.2) is 20.8 Å². The second kappa shape index (κ2) is 6.37. The van der Waals surface area contributed by atoms with Crippen molar-refractivity contribution in [2.24, 2.45) is 18.9 Å². The topological polar surface area (TPSA) is 38.1 Å². The monoisotopic (exact) mass is 250 g/mol. The molecule has 3 unspecified atom stereocenters. The molecule has 0 bridgehead atoms. The fraction of sp³-hybridized carbons (Fsp3) is 0.800. The van der Waals surface area contributed by atoms with Crippen molar-refractivity contribution in [3.63, 3.8) is 0 Å². The molecule has 1 aliphatic carbocycles. The minimum atomic E-state index is -0.143. The number of hydrogen-bond acceptors (Lipinski definition) is 2. The molecule has 1 fully saturated rings. The van der Waals surface area contributed by atoms with Crippen LogP contribution in [0.5, 0.6) is 0 Å². The Morgan fingerprint density at radius 2 is 2.33 bits per heavy atom. The lowest BCUT2D eigenvalue weighted by atomic mass is 9.77. The summed E-state index contributed by atoms with van der Waals surface area (Å²) in [4.78, 5) is 4.32. The van der Waals surface area contributed by atoms with E-state index in [2.05, 4.69) is 11.9 Å². The van der Waals surface area contributed by atoms with Crippen molar-refractivity contribution in [1.82, 2.24) is 9.55 Å². The molecule has 1 aromatic rings. The minimum absolute atomic E-state index is 0.143. The van der Waals surface area contributed by atoms with Gasteiger partial charge in [-0.05, 0) is 31.1 Å². The fourth-order valence-corrected chi connectivity index (χ4v) is 3.20. The lowest BCUT2D eigenvalue weighted by Crippen LogP contribution is -2.27. The third-order valence-corrected chi connectivity index (χ3v) is 4.53. The lowest BCUT2D eigenvalue weighted by molar-refractivity contribution is 0.0613. The summed E-state index contributed by atoms with van der Waals surface area (Å²) in [5.41, 5.74) is 0. The molecular weight excluding hydrogens is 224 g/mol. The Morgan fingerprint density at radius 3 is 3.00 bits per heavy atom. The molecule has 2 rings (SSSR count). The summed E-state index contributed by atoms with van der Waals surface area (Å²) in [6.07, 6.45) is 11.7. The molecule has 1 heterocycles. The molecule has 1 saturated carbocycles. The van der Waals surface area contributed by atoms with Crippen molar-refractivity contribution in [2.75, 3.05) is 0 Å². The summed E-state index contributed by atoms with van der Waals surface area (Å²) in [7, 11) is 2.02. The maximum atomic E-state index is 10.3. The second-order valence-electron chi connectivity index (χ2n) is 5.76. The van der Waals surface area contributed by atoms with Gasteiger partial charge in [0, 0.05) is 25.9 Å². The number of aliphatic hydroxyl groups excluding tert-OH is 1. The van der Waals surface area contributed by atoms with Crippen LogP contribution in [0.4, 0.5) is 0 Å². The van der Waals surface area contributed by atoms with Crippen LogP contribution in [0.1, 0.15) is 51.3 Å². The zero-order valence-corrected chi connectivity index (χ0v) is 11.7. The molecule has 0 spiro atoms. The standard InChI is InChI=1S/C15H26N2O/c1-3-12-5-4-6-13(11-12)14(18)7-8-15-16-9-10-17(15)2/h9-10,12-14,18H,3-8,11H2,1-2H3. The van der Waals surface area contributed by atoms with Crippen LogP contribution in [0.25, 0.3) is 0 Å². The zero-order chi connectivity index (χ0) is 13.0. The highest BCUT2D eigenvalue weighted by atomic mass is 16.3. The smallest absolute Gasteiger partial charge is 0.108 e. The Labute approximate surface area is 110 Å². The Hall–Kier alpha value is -0.830. The summed E-state index contributed by atoms with van der Waals surface area (Å²) >= 11 is 0. The molecule has 3 atom stereocenters. The van der Waals surface area contributed by atoms with Gasteiger partial charge in [-0.15, -0.1) is 0 Å². The molecule has 0 saturated heterocycles. The second-order valence-corrected chi connectivity index (χ2v) is 5.76. The highest BCUT2D eigenvalue weighted by Crippen LogP contribution is 2.33. The van der Waals surface area contributed by atoms with E-state index >= 15 is 0 Å². The van der Waals surface area contributed by atoms with E-state index in [0.29, 0.717) is 5.92 Å². The third kappa shape index (κ3) is 3.35. The number of rotatable bonds is 5. The average molecular weight is 250 g/mol. The van der Waals surface area contributed by atoms with E-state index in [-0.39, 0.29) is 6.10 Å². The highest BCUT2D eigenvalue weighted by Gasteiger charge is 2.26. The Kier molecular flexibility index (Phi) is 4.81. The molecule has 0 aliphatic heterocycles. The molecule has 1 N–H and O–H groups in total. The minimum Gasteiger partial charge on any atom is -0.393 e. The Morgan fingerprint density at radius 1 is 1.50 bits per heavy atom. The molecule has 3 nitrogen and oxygen atoms in total. The maximum absolute atomic E-state index is 10.3. The van der Waals surface area contributed by atoms with Crippen LogP contribution < -0.4 is 0 Å². The van der Waals surface area contributed by atoms with E-state index in [1.807, 2.05) is 24.0 Å². The van der Waals surface area contributed by atoms with Gasteiger partial charge in [0.05, 0.1) is 6.10 Å². The first-order valence-electron chi connectivity index (χ1n) is 7.35. The highest BCUT2D eigenvalue weighted by molar-refractivity contribution is 4.92. The number of aliphatic hydroxyl groups is 1. The van der Waals surface area contributed by atoms with Crippen molar-refractivity contribution < 1.29 is 5.11 Å². The summed E-state index contributed by atoms with van der Waals surface area (Å²) in [6.45, 7) is 2.27. The number of aromatic nitrogens is 2. The number of hydrogen-bond donors (Lipinski definition) is 1. The Bertz CT molecular complexity index is 361. The Balaban J connectivity index is 1.80. The van der Waals surface area contributed by atoms with Crippen LogP contribution in [0.3, 0.4) is 0 Å². The molecular formula is C15H26N2O. The number of imidazole rings is 1. The maximum Gasteiger partial charge on any atom is 0.108 e. The van der Waals surface area contributed by atoms with Crippen molar-refractivity contribution in [1.29, 1.82) is 0 Å². The zero-order valence-electron chi connectivity index (χ0n) is 11.7. The van der Waals surface area contributed by atoms with Crippen molar-refractivity contribution in [3.05, 3.63) is 18.2 Å². The predicted octanol–water partition coefficient (Wildman–Crippen LogP) is 2.93. The summed E-state index contributed by atoms with van der Waals surface area (Å²) in [6, 6.07) is 0. The van der Waals surface area contributed by atoms with Gasteiger partial charge in [-0.25, -0.2) is 4.98 Å². The normalized spacial score (nSPS) is 26.2. The molecule has 102 valence electrons. The van der Waals surface area contributed by atoms with Crippen molar-refractivity contribution >= 4 is 0 Å². The van der Waals surface area contributed by atoms with Gasteiger partial charge in [-0.3, -0.25) is 0 Å². The van der Waals surface area contributed by atoms with Crippen LogP contribution in [-0.2, 0) is 13.5 Å². The van der Waals surface area contributed by atoms with E-state index in [9.17, 15) is 5.11 Å². The lowest BCUT2D eigenvalue weighted by Gasteiger charge is -2.31. The van der Waals surface area contributed by atoms with Gasteiger partial charge in [0.1, 0.15) is 5.82 Å². The van der Waals surface area contributed by atoms with E-state index in [1.54, 1.807) is 0 Å². The van der Waals surface area contributed by atoms with E-state index in [0.717, 1.165) is 24.6 Å². The van der Waals surface area contributed by atoms with Crippen LogP contribution in [0, 0.1) is 11.8 Å². The van der Waals surface area contributed by atoms with Gasteiger partial charge in [0.15, 0.2) is 0 Å². The van der Waals surface area contributed by atoms with Gasteiger partial charge in [-0.2, -0.15) is 0 Å². The SMILES string of the molecule is CCC1CCCC(C(O)CCc2nccn2C)C1. The molecule has 1 aliphatic rings. The van der Waals surface area contributed by atoms with E-state index in [1.165, 1.54) is 32.1 Å². The number of nitrogens with zero attached hydrogens (tertiary/aromatic N) is 2. The molecule has 0 aromatic carbocycles. The largest absolute Gasteiger partial charge is 0.393 e. The summed E-state index contributed by atoms with van der Waals surface area (Å²) in [5.74, 6) is 2.44. The summed E-state index contributed by atoms with van der Waals surface area (Å²) < 4.78 is 2.04. The predicted molar refractivity (Wildman–Crippen MR) is 73.3 cm³/mol. The van der Waals surface area contributed by atoms with Gasteiger partial charge in [0.25, 0.3) is 0 Å². The molecule has 0 radical (unpaired) electrons. The fourth-order valence-electron chi connectivity index (χ4n) is 3.20. The number of aryl methyl sites for hydroxylation is 2. The van der Waals surface area contributed by atoms with Crippen LogP contribution >= 0.6 is 0 Å². The molecule has 3 heteroatoms. The van der Waals surface area contributed by atoms with Crippen molar-refractivity contribution in [3.8, 4) is 0 Å². The van der Waals surface area contributed by atoms with Crippen molar-refractivity contribution in [2.45, 2.75) is 58.0 Å². The summed E-state index contributed by atoms with van der Waals surface area (Å²) in [5, 5.41) is 10.3. The quantitative estimate of drug-likeness (QED) is 0.872. The molecule has 18 heavy (non-hydrogen) atoms. The van der Waals surface area contributed by atoms with E-state index < -0.39 is 0 Å². The molecule has 1 aromatic heterocycles. The van der Waals surface area contributed by atoms with E-state index in [4.69, 9.17) is 0 Å². The first kappa shape index (κ1) is 13.6. The van der Waals surface area contributed by atoms with Crippen LogP contribution in [0.15, 0.2) is 12.4 Å². The third-order valence-electron chi connectivity index (χ3n) is 4.53. The van der Waals surface area contributed by atoms with Crippen LogP contribution in [0.2, 0.25) is 0 Å². The average Bonchev–Trinajstić information content (AvgIpc) is 2.81. The first-order chi connectivity index (χ1) is 8.70. The molecule has 0 amide bonds. The van der Waals surface area contributed by atoms with Gasteiger partial charge < -0.3 is 9.67 Å².